The van der Waals surface area contributed by atoms with Gasteiger partial charge in [0, 0.05) is 16.7 Å². The van der Waals surface area contributed by atoms with Gasteiger partial charge in [0.05, 0.1) is 24.7 Å². The summed E-state index contributed by atoms with van der Waals surface area (Å²) in [7, 11) is 1.72. The number of aryl methyl sites for hydroxylation is 1. The van der Waals surface area contributed by atoms with Gasteiger partial charge in [-0.2, -0.15) is 4.98 Å². The number of halogens is 1. The first kappa shape index (κ1) is 31.0. The van der Waals surface area contributed by atoms with Crippen LogP contribution in [0.15, 0.2) is 47.5 Å². The largest absolute Gasteiger partial charge is 0.495 e. The number of nitrogens with zero attached hydrogens (tertiary/aromatic N) is 3. The molecular formula is C34H46ClN5OS. The van der Waals surface area contributed by atoms with Crippen LogP contribution in [0.3, 0.4) is 0 Å². The van der Waals surface area contributed by atoms with Crippen molar-refractivity contribution >= 4 is 46.5 Å². The number of likely N-dealkylation sites (tertiary alicyclic amines) is 1. The van der Waals surface area contributed by atoms with E-state index < -0.39 is 0 Å². The molecule has 0 atom stereocenters. The number of para-hydroxylation sites is 1. The van der Waals surface area contributed by atoms with E-state index in [1.54, 1.807) is 25.1 Å². The topological polar surface area (TPSA) is 62.3 Å². The van der Waals surface area contributed by atoms with Crippen LogP contribution >= 0.6 is 23.4 Å². The Morgan fingerprint density at radius 3 is 2.48 bits per heavy atom. The SMILES string of the molecule is COc1cc(CCN2CCC(C3CCCCC3)CC2)c(C)cc1Nc1ncc(Cl)c(Nc2ccccc2SC(C)C)n1. The summed E-state index contributed by atoms with van der Waals surface area (Å²) in [4.78, 5) is 13.0. The van der Waals surface area contributed by atoms with Gasteiger partial charge in [0.2, 0.25) is 5.95 Å². The molecular weight excluding hydrogens is 562 g/mol. The molecule has 5 rings (SSSR count). The molecule has 8 heteroatoms. The molecule has 1 aliphatic carbocycles. The van der Waals surface area contributed by atoms with Crippen molar-refractivity contribution in [3.8, 4) is 5.75 Å². The number of hydrogen-bond acceptors (Lipinski definition) is 7. The van der Waals surface area contributed by atoms with Crippen LogP contribution in [0.25, 0.3) is 0 Å². The molecule has 1 saturated heterocycles. The van der Waals surface area contributed by atoms with Gasteiger partial charge < -0.3 is 20.3 Å². The van der Waals surface area contributed by atoms with Crippen LogP contribution in [0, 0.1) is 18.8 Å². The smallest absolute Gasteiger partial charge is 0.229 e. The number of anilines is 4. The maximum Gasteiger partial charge on any atom is 0.229 e. The molecule has 2 N–H and O–H groups in total. The van der Waals surface area contributed by atoms with Crippen molar-refractivity contribution in [1.29, 1.82) is 0 Å². The zero-order chi connectivity index (χ0) is 29.5. The lowest BCUT2D eigenvalue weighted by atomic mass is 9.76. The van der Waals surface area contributed by atoms with Gasteiger partial charge in [-0.3, -0.25) is 0 Å². The summed E-state index contributed by atoms with van der Waals surface area (Å²) in [5.41, 5.74) is 4.38. The highest BCUT2D eigenvalue weighted by atomic mass is 35.5. The maximum absolute atomic E-state index is 6.51. The number of aromatic nitrogens is 2. The number of thioether (sulfide) groups is 1. The average molecular weight is 608 g/mol. The number of benzene rings is 2. The van der Waals surface area contributed by atoms with E-state index in [0.717, 1.165) is 46.8 Å². The first-order valence-corrected chi connectivity index (χ1v) is 16.9. The maximum atomic E-state index is 6.51. The lowest BCUT2D eigenvalue weighted by molar-refractivity contribution is 0.128. The summed E-state index contributed by atoms with van der Waals surface area (Å²) < 4.78 is 5.81. The average Bonchev–Trinajstić information content (AvgIpc) is 3.00. The molecule has 1 aromatic heterocycles. The Hall–Kier alpha value is -2.48. The first-order valence-electron chi connectivity index (χ1n) is 15.6. The molecule has 1 aliphatic heterocycles. The van der Waals surface area contributed by atoms with Gasteiger partial charge in [0.25, 0.3) is 0 Å². The fourth-order valence-corrected chi connectivity index (χ4v) is 7.54. The normalized spacial score (nSPS) is 17.0. The fraction of sp³-hybridized carbons (Fsp3) is 0.529. The molecule has 6 nitrogen and oxygen atoms in total. The van der Waals surface area contributed by atoms with Crippen molar-refractivity contribution in [2.24, 2.45) is 11.8 Å². The van der Waals surface area contributed by atoms with Gasteiger partial charge >= 0.3 is 0 Å². The van der Waals surface area contributed by atoms with Crippen LogP contribution in [0.2, 0.25) is 5.02 Å². The van der Waals surface area contributed by atoms with Crippen molar-refractivity contribution in [3.63, 3.8) is 0 Å². The van der Waals surface area contributed by atoms with E-state index in [-0.39, 0.29) is 0 Å². The molecule has 42 heavy (non-hydrogen) atoms. The van der Waals surface area contributed by atoms with Crippen LogP contribution in [0.1, 0.15) is 69.9 Å². The second-order valence-electron chi connectivity index (χ2n) is 12.1. The molecule has 0 radical (unpaired) electrons. The summed E-state index contributed by atoms with van der Waals surface area (Å²) in [5.74, 6) is 3.75. The van der Waals surface area contributed by atoms with Crippen LogP contribution in [-0.2, 0) is 6.42 Å². The van der Waals surface area contributed by atoms with Crippen molar-refractivity contribution < 1.29 is 4.74 Å². The molecule has 2 aromatic carbocycles. The highest BCUT2D eigenvalue weighted by molar-refractivity contribution is 8.00. The van der Waals surface area contributed by atoms with Crippen molar-refractivity contribution in [2.75, 3.05) is 37.4 Å². The monoisotopic (exact) mass is 607 g/mol. The Morgan fingerprint density at radius 1 is 1.00 bits per heavy atom. The van der Waals surface area contributed by atoms with Crippen LogP contribution in [0.5, 0.6) is 5.75 Å². The highest BCUT2D eigenvalue weighted by Gasteiger charge is 2.27. The van der Waals surface area contributed by atoms with E-state index in [0.29, 0.717) is 22.0 Å². The Labute approximate surface area is 261 Å². The molecule has 1 saturated carbocycles. The third-order valence-corrected chi connectivity index (χ3v) is 10.2. The van der Waals surface area contributed by atoms with Crippen LogP contribution in [0.4, 0.5) is 23.1 Å². The van der Waals surface area contributed by atoms with E-state index in [1.165, 1.54) is 69.2 Å². The molecule has 0 bridgehead atoms. The summed E-state index contributed by atoms with van der Waals surface area (Å²) in [6.45, 7) is 10.1. The van der Waals surface area contributed by atoms with E-state index in [2.05, 4.69) is 59.5 Å². The minimum Gasteiger partial charge on any atom is -0.495 e. The van der Waals surface area contributed by atoms with Crippen LogP contribution in [-0.4, -0.2) is 46.9 Å². The van der Waals surface area contributed by atoms with Gasteiger partial charge in [-0.25, -0.2) is 4.98 Å². The van der Waals surface area contributed by atoms with E-state index in [9.17, 15) is 0 Å². The van der Waals surface area contributed by atoms with E-state index in [4.69, 9.17) is 21.3 Å². The van der Waals surface area contributed by atoms with Gasteiger partial charge in [0.1, 0.15) is 10.8 Å². The molecule has 0 amide bonds. The highest BCUT2D eigenvalue weighted by Crippen LogP contribution is 2.37. The zero-order valence-corrected chi connectivity index (χ0v) is 27.2. The van der Waals surface area contributed by atoms with E-state index in [1.807, 2.05) is 18.2 Å². The second kappa shape index (κ2) is 14.8. The Bertz CT molecular complexity index is 1320. The van der Waals surface area contributed by atoms with E-state index >= 15 is 0 Å². The van der Waals surface area contributed by atoms with Crippen molar-refractivity contribution in [1.82, 2.24) is 14.9 Å². The number of piperidine rings is 1. The van der Waals surface area contributed by atoms with Crippen molar-refractivity contribution in [3.05, 3.63) is 58.7 Å². The summed E-state index contributed by atoms with van der Waals surface area (Å²) in [6, 6.07) is 12.5. The van der Waals surface area contributed by atoms with Gasteiger partial charge in [-0.1, -0.05) is 69.7 Å². The molecule has 2 fully saturated rings. The molecule has 0 spiro atoms. The first-order chi connectivity index (χ1) is 20.4. The second-order valence-corrected chi connectivity index (χ2v) is 14.1. The minimum absolute atomic E-state index is 0.460. The Balaban J connectivity index is 1.22. The molecule has 226 valence electrons. The number of nitrogens with one attached hydrogen (secondary N) is 2. The van der Waals surface area contributed by atoms with Gasteiger partial charge in [-0.05, 0) is 86.5 Å². The standard InChI is InChI=1S/C34H46ClN5OS/c1-23(2)42-32-13-9-8-12-29(32)37-33-28(35)22-36-34(39-33)38-30-20-24(3)27(21-31(30)41-4)16-19-40-17-14-26(15-18-40)25-10-6-5-7-11-25/h8-9,12-13,20-23,25-26H,5-7,10-11,14-19H2,1-4H3,(H2,36,37,38,39). The lowest BCUT2D eigenvalue weighted by Crippen LogP contribution is -2.37. The fourth-order valence-electron chi connectivity index (χ4n) is 6.49. The zero-order valence-electron chi connectivity index (χ0n) is 25.6. The third-order valence-electron chi connectivity index (χ3n) is 8.80. The molecule has 0 unspecified atom stereocenters. The van der Waals surface area contributed by atoms with Crippen molar-refractivity contribution in [2.45, 2.75) is 82.3 Å². The Kier molecular flexibility index (Phi) is 10.9. The minimum atomic E-state index is 0.460. The number of ether oxygens (including phenoxy) is 1. The summed E-state index contributed by atoms with van der Waals surface area (Å²) in [5, 5.41) is 7.71. The Morgan fingerprint density at radius 2 is 1.74 bits per heavy atom. The van der Waals surface area contributed by atoms with Crippen LogP contribution < -0.4 is 15.4 Å². The quantitative estimate of drug-likeness (QED) is 0.211. The number of rotatable bonds is 11. The van der Waals surface area contributed by atoms with Gasteiger partial charge in [-0.15, -0.1) is 11.8 Å². The molecule has 2 aliphatic rings. The predicted octanol–water partition coefficient (Wildman–Crippen LogP) is 9.27. The third kappa shape index (κ3) is 8.12. The summed E-state index contributed by atoms with van der Waals surface area (Å²) in [6.07, 6.45) is 12.7. The predicted molar refractivity (Wildman–Crippen MR) is 178 cm³/mol. The van der Waals surface area contributed by atoms with Gasteiger partial charge in [0.15, 0.2) is 5.82 Å². The molecule has 2 heterocycles. The summed E-state index contributed by atoms with van der Waals surface area (Å²) >= 11 is 8.31. The number of hydrogen-bond donors (Lipinski definition) is 2. The lowest BCUT2D eigenvalue weighted by Gasteiger charge is -2.37. The molecule has 3 aromatic rings. The number of methoxy groups -OCH3 is 1.